The van der Waals surface area contributed by atoms with Crippen LogP contribution in [0.25, 0.3) is 0 Å². The molecule has 0 saturated carbocycles. The van der Waals surface area contributed by atoms with Crippen LogP contribution in [0.2, 0.25) is 0 Å². The third-order valence-electron chi connectivity index (χ3n) is 0.934. The number of thioether (sulfide) groups is 1. The van der Waals surface area contributed by atoms with Gasteiger partial charge in [-0.3, -0.25) is 0 Å². The Balaban J connectivity index is 2.58. The van der Waals surface area contributed by atoms with E-state index in [0.29, 0.717) is 5.25 Å². The fourth-order valence-corrected chi connectivity index (χ4v) is 2.65. The monoisotopic (exact) mass is 173 g/mol. The second kappa shape index (κ2) is 3.39. The molecule has 0 aromatic carbocycles. The van der Waals surface area contributed by atoms with Crippen LogP contribution in [0.5, 0.6) is 0 Å². The third-order valence-corrected chi connectivity index (χ3v) is 3.03. The summed E-state index contributed by atoms with van der Waals surface area (Å²) >= 11 is 3.56. The van der Waals surface area contributed by atoms with E-state index in [4.69, 9.17) is 0 Å². The van der Waals surface area contributed by atoms with E-state index in [2.05, 4.69) is 24.2 Å². The molecule has 0 spiro atoms. The number of hydrogen-bond acceptors (Lipinski definition) is 3. The number of rotatable bonds is 2. The molecular weight excluding hydrogens is 162 g/mol. The highest BCUT2D eigenvalue weighted by Crippen LogP contribution is 2.25. The lowest BCUT2D eigenvalue weighted by Crippen LogP contribution is -1.84. The van der Waals surface area contributed by atoms with Crippen molar-refractivity contribution in [3.8, 4) is 0 Å². The van der Waals surface area contributed by atoms with Gasteiger partial charge in [0.25, 0.3) is 0 Å². The lowest BCUT2D eigenvalue weighted by atomic mass is 10.6. The van der Waals surface area contributed by atoms with Gasteiger partial charge in [0.1, 0.15) is 4.34 Å². The molecule has 0 N–H and O–H groups in total. The van der Waals surface area contributed by atoms with E-state index in [-0.39, 0.29) is 0 Å². The molecule has 0 saturated heterocycles. The molecule has 1 aromatic rings. The van der Waals surface area contributed by atoms with E-state index in [1.807, 2.05) is 18.7 Å². The van der Waals surface area contributed by atoms with E-state index in [9.17, 15) is 0 Å². The molecule has 0 amide bonds. The van der Waals surface area contributed by atoms with E-state index in [1.165, 1.54) is 4.34 Å². The van der Waals surface area contributed by atoms with Gasteiger partial charge in [0.15, 0.2) is 0 Å². The Hall–Kier alpha value is -0.0200. The predicted molar refractivity (Wildman–Crippen MR) is 47.8 cm³/mol. The Morgan fingerprint density at radius 3 is 2.70 bits per heavy atom. The van der Waals surface area contributed by atoms with Gasteiger partial charge in [-0.15, -0.1) is 11.3 Å². The standard InChI is InChI=1S/C7H11NS2/c1-5(2)10-7-8-6(3)4-9-7/h4-5H,1-3H3. The summed E-state index contributed by atoms with van der Waals surface area (Å²) in [6, 6.07) is 0. The van der Waals surface area contributed by atoms with E-state index in [1.54, 1.807) is 11.3 Å². The number of aryl methyl sites for hydroxylation is 1. The molecule has 56 valence electrons. The molecule has 0 atom stereocenters. The smallest absolute Gasteiger partial charge is 0.150 e. The first-order chi connectivity index (χ1) is 4.68. The largest absolute Gasteiger partial charge is 0.235 e. The lowest BCUT2D eigenvalue weighted by Gasteiger charge is -1.97. The fourth-order valence-electron chi connectivity index (χ4n) is 0.588. The van der Waals surface area contributed by atoms with E-state index in [0.717, 1.165) is 5.69 Å². The van der Waals surface area contributed by atoms with Crippen molar-refractivity contribution in [3.63, 3.8) is 0 Å². The van der Waals surface area contributed by atoms with Crippen molar-refractivity contribution in [2.45, 2.75) is 30.4 Å². The molecule has 1 nitrogen and oxygen atoms in total. The van der Waals surface area contributed by atoms with Gasteiger partial charge < -0.3 is 0 Å². The van der Waals surface area contributed by atoms with E-state index >= 15 is 0 Å². The number of thiazole rings is 1. The van der Waals surface area contributed by atoms with Crippen LogP contribution in [-0.4, -0.2) is 10.2 Å². The van der Waals surface area contributed by atoms with Crippen molar-refractivity contribution in [2.75, 3.05) is 0 Å². The third kappa shape index (κ3) is 2.31. The molecule has 1 rings (SSSR count). The highest BCUT2D eigenvalue weighted by molar-refractivity contribution is 8.01. The van der Waals surface area contributed by atoms with Crippen LogP contribution in [0.4, 0.5) is 0 Å². The summed E-state index contributed by atoms with van der Waals surface area (Å²) in [5.74, 6) is 0. The van der Waals surface area contributed by atoms with Crippen molar-refractivity contribution in [2.24, 2.45) is 0 Å². The van der Waals surface area contributed by atoms with Gasteiger partial charge in [0.2, 0.25) is 0 Å². The molecule has 0 radical (unpaired) electrons. The van der Waals surface area contributed by atoms with Gasteiger partial charge in [-0.25, -0.2) is 4.98 Å². The molecule has 0 unspecified atom stereocenters. The zero-order valence-corrected chi connectivity index (χ0v) is 8.05. The van der Waals surface area contributed by atoms with Gasteiger partial charge in [-0.2, -0.15) is 0 Å². The van der Waals surface area contributed by atoms with Crippen LogP contribution in [0.3, 0.4) is 0 Å². The summed E-state index contributed by atoms with van der Waals surface area (Å²) in [4.78, 5) is 4.33. The van der Waals surface area contributed by atoms with Crippen molar-refractivity contribution in [1.29, 1.82) is 0 Å². The lowest BCUT2D eigenvalue weighted by molar-refractivity contribution is 1.09. The minimum absolute atomic E-state index is 0.644. The van der Waals surface area contributed by atoms with Crippen LogP contribution in [0, 0.1) is 6.92 Å². The zero-order valence-electron chi connectivity index (χ0n) is 6.42. The summed E-state index contributed by atoms with van der Waals surface area (Å²) in [7, 11) is 0. The highest BCUT2D eigenvalue weighted by Gasteiger charge is 2.00. The van der Waals surface area contributed by atoms with Gasteiger partial charge >= 0.3 is 0 Å². The Morgan fingerprint density at radius 2 is 2.30 bits per heavy atom. The van der Waals surface area contributed by atoms with Crippen LogP contribution in [-0.2, 0) is 0 Å². The summed E-state index contributed by atoms with van der Waals surface area (Å²) in [5, 5.41) is 2.73. The average Bonchev–Trinajstić information content (AvgIpc) is 2.13. The predicted octanol–water partition coefficient (Wildman–Crippen LogP) is 2.95. The maximum Gasteiger partial charge on any atom is 0.150 e. The summed E-state index contributed by atoms with van der Waals surface area (Å²) in [6.45, 7) is 6.39. The Bertz CT molecular complexity index is 205. The summed E-state index contributed by atoms with van der Waals surface area (Å²) in [6.07, 6.45) is 0. The zero-order chi connectivity index (χ0) is 7.56. The first kappa shape index (κ1) is 8.08. The van der Waals surface area contributed by atoms with Crippen LogP contribution < -0.4 is 0 Å². The maximum absolute atomic E-state index is 4.33. The minimum atomic E-state index is 0.644. The summed E-state index contributed by atoms with van der Waals surface area (Å²) in [5.41, 5.74) is 1.13. The SMILES string of the molecule is Cc1csc(SC(C)C)n1. The molecule has 0 fully saturated rings. The van der Waals surface area contributed by atoms with Crippen LogP contribution in [0.1, 0.15) is 19.5 Å². The first-order valence-electron chi connectivity index (χ1n) is 3.27. The molecule has 10 heavy (non-hydrogen) atoms. The molecule has 3 heteroatoms. The van der Waals surface area contributed by atoms with Gasteiger partial charge in [0, 0.05) is 16.3 Å². The summed E-state index contributed by atoms with van der Waals surface area (Å²) < 4.78 is 1.19. The Kier molecular flexibility index (Phi) is 2.74. The second-order valence-corrected chi connectivity index (χ2v) is 5.10. The number of aromatic nitrogens is 1. The highest BCUT2D eigenvalue weighted by atomic mass is 32.2. The molecule has 1 heterocycles. The Morgan fingerprint density at radius 1 is 1.60 bits per heavy atom. The molecule has 0 bridgehead atoms. The molecular formula is C7H11NS2. The Labute approximate surface area is 69.9 Å². The first-order valence-corrected chi connectivity index (χ1v) is 5.03. The van der Waals surface area contributed by atoms with Crippen molar-refractivity contribution in [3.05, 3.63) is 11.1 Å². The second-order valence-electron chi connectivity index (χ2n) is 2.42. The quantitative estimate of drug-likeness (QED) is 0.638. The van der Waals surface area contributed by atoms with E-state index < -0.39 is 0 Å². The van der Waals surface area contributed by atoms with Gasteiger partial charge in [-0.1, -0.05) is 25.6 Å². The van der Waals surface area contributed by atoms with Gasteiger partial charge in [-0.05, 0) is 6.92 Å². The number of hydrogen-bond donors (Lipinski definition) is 0. The molecule has 0 aliphatic carbocycles. The van der Waals surface area contributed by atoms with Crippen molar-refractivity contribution in [1.82, 2.24) is 4.98 Å². The minimum Gasteiger partial charge on any atom is -0.235 e. The van der Waals surface area contributed by atoms with Crippen molar-refractivity contribution >= 4 is 23.1 Å². The van der Waals surface area contributed by atoms with Crippen molar-refractivity contribution < 1.29 is 0 Å². The van der Waals surface area contributed by atoms with Crippen LogP contribution >= 0.6 is 23.1 Å². The molecule has 0 aliphatic heterocycles. The average molecular weight is 173 g/mol. The fraction of sp³-hybridized carbons (Fsp3) is 0.571. The molecule has 1 aromatic heterocycles. The van der Waals surface area contributed by atoms with Gasteiger partial charge in [0.05, 0.1) is 0 Å². The maximum atomic E-state index is 4.33. The van der Waals surface area contributed by atoms with Crippen LogP contribution in [0.15, 0.2) is 9.72 Å². The molecule has 0 aliphatic rings. The normalized spacial score (nSPS) is 10.8. The number of nitrogens with zero attached hydrogens (tertiary/aromatic N) is 1. The topological polar surface area (TPSA) is 12.9 Å².